The second kappa shape index (κ2) is 13.2. The number of nitrogens with one attached hydrogen (secondary N) is 1. The number of nitrogens with zero attached hydrogens (tertiary/aromatic N) is 4. The Morgan fingerprint density at radius 1 is 1.18 bits per heavy atom. The molecule has 1 heterocycles. The number of aryl methyl sites for hydroxylation is 1. The average molecular weight is 547 g/mol. The molecule has 0 aliphatic heterocycles. The van der Waals surface area contributed by atoms with Gasteiger partial charge in [-0.2, -0.15) is 5.26 Å². The van der Waals surface area contributed by atoms with Crippen molar-refractivity contribution in [2.45, 2.75) is 26.4 Å². The van der Waals surface area contributed by atoms with E-state index < -0.39 is 23.5 Å². The summed E-state index contributed by atoms with van der Waals surface area (Å²) in [6.07, 6.45) is 6.25. The molecule has 10 heteroatoms. The molecule has 40 heavy (non-hydrogen) atoms. The van der Waals surface area contributed by atoms with E-state index in [9.17, 15) is 23.2 Å². The number of likely N-dealkylation sites (N-methyl/N-ethyl adjacent to an activating group) is 1. The Hall–Kier alpha value is -4.91. The normalized spacial score (nSPS) is 12.8. The fourth-order valence-corrected chi connectivity index (χ4v) is 4.08. The van der Waals surface area contributed by atoms with Crippen LogP contribution in [0.1, 0.15) is 51.3 Å². The molecule has 0 fully saturated rings. The quantitative estimate of drug-likeness (QED) is 0.192. The zero-order valence-electron chi connectivity index (χ0n) is 22.5. The molecule has 0 unspecified atom stereocenters. The van der Waals surface area contributed by atoms with Gasteiger partial charge in [0.2, 0.25) is 0 Å². The van der Waals surface area contributed by atoms with Crippen LogP contribution in [0.15, 0.2) is 65.1 Å². The standard InChI is InChI=1S/C30H29F3N6O/c1-18-21(8-26(33)16-37-18)14-36-15-23(13-35)30(39(3)4)11-28-22(17-40)9-25(32)10-27(28)19(2)38-29-6-5-24(31)7-20(29)12-34/h5-11,13,15-17,19,38H,14,35H2,1-4H3/b23-13+,30-11-,36-15?/t19-/m1/s1. The largest absolute Gasteiger partial charge is 0.404 e. The Bertz CT molecular complexity index is 1540. The summed E-state index contributed by atoms with van der Waals surface area (Å²) in [5.74, 6) is -1.64. The molecule has 0 aliphatic carbocycles. The first-order valence-corrected chi connectivity index (χ1v) is 12.2. The lowest BCUT2D eigenvalue weighted by molar-refractivity contribution is 0.112. The average Bonchev–Trinajstić information content (AvgIpc) is 2.92. The fraction of sp³-hybridized carbons (Fsp3) is 0.200. The van der Waals surface area contributed by atoms with Gasteiger partial charge in [-0.15, -0.1) is 0 Å². The van der Waals surface area contributed by atoms with E-state index in [1.807, 2.05) is 6.07 Å². The summed E-state index contributed by atoms with van der Waals surface area (Å²) in [7, 11) is 3.54. The third kappa shape index (κ3) is 7.14. The van der Waals surface area contributed by atoms with Gasteiger partial charge in [0.15, 0.2) is 6.29 Å². The van der Waals surface area contributed by atoms with Crippen molar-refractivity contribution >= 4 is 24.3 Å². The molecule has 1 aromatic heterocycles. The Kier molecular flexibility index (Phi) is 9.81. The van der Waals surface area contributed by atoms with Gasteiger partial charge in [0.25, 0.3) is 0 Å². The molecule has 3 rings (SSSR count). The van der Waals surface area contributed by atoms with Crippen molar-refractivity contribution in [2.24, 2.45) is 10.7 Å². The number of aromatic nitrogens is 1. The molecule has 0 aliphatic rings. The van der Waals surface area contributed by atoms with Crippen LogP contribution in [0.2, 0.25) is 0 Å². The van der Waals surface area contributed by atoms with Crippen LogP contribution in [0.25, 0.3) is 6.08 Å². The number of benzene rings is 2. The van der Waals surface area contributed by atoms with Gasteiger partial charge in [-0.1, -0.05) is 0 Å². The van der Waals surface area contributed by atoms with Crippen LogP contribution in [-0.4, -0.2) is 36.5 Å². The molecule has 0 saturated heterocycles. The molecule has 0 spiro atoms. The number of halogens is 3. The lowest BCUT2D eigenvalue weighted by atomic mass is 9.94. The van der Waals surface area contributed by atoms with E-state index in [-0.39, 0.29) is 17.7 Å². The number of hydrogen-bond acceptors (Lipinski definition) is 7. The number of aliphatic imine (C=N–C) groups is 1. The highest BCUT2D eigenvalue weighted by Crippen LogP contribution is 2.30. The SMILES string of the molecule is Cc1ncc(F)cc1CN=CC(=C\N)/C(=C/c1c(C=O)cc(F)cc1[C@@H](C)Nc1ccc(F)cc1C#N)N(C)C. The Balaban J connectivity index is 2.05. The highest BCUT2D eigenvalue weighted by molar-refractivity contribution is 5.90. The summed E-state index contributed by atoms with van der Waals surface area (Å²) >= 11 is 0. The van der Waals surface area contributed by atoms with Crippen molar-refractivity contribution in [2.75, 3.05) is 19.4 Å². The highest BCUT2D eigenvalue weighted by atomic mass is 19.1. The smallest absolute Gasteiger partial charge is 0.150 e. The summed E-state index contributed by atoms with van der Waals surface area (Å²) in [5.41, 5.74) is 9.62. The van der Waals surface area contributed by atoms with Gasteiger partial charge in [0.05, 0.1) is 24.0 Å². The molecule has 1 atom stereocenters. The van der Waals surface area contributed by atoms with Crippen molar-refractivity contribution < 1.29 is 18.0 Å². The number of rotatable bonds is 10. The Labute approximate surface area is 231 Å². The molecular formula is C30H29F3N6O. The number of carbonyl (C=O) groups is 1. The fourth-order valence-electron chi connectivity index (χ4n) is 4.08. The van der Waals surface area contributed by atoms with Crippen molar-refractivity contribution in [1.82, 2.24) is 9.88 Å². The second-order valence-corrected chi connectivity index (χ2v) is 9.20. The van der Waals surface area contributed by atoms with Crippen LogP contribution in [0.3, 0.4) is 0 Å². The number of anilines is 1. The predicted molar refractivity (Wildman–Crippen MR) is 150 cm³/mol. The minimum Gasteiger partial charge on any atom is -0.404 e. The summed E-state index contributed by atoms with van der Waals surface area (Å²) in [5, 5.41) is 12.5. The Morgan fingerprint density at radius 2 is 1.93 bits per heavy atom. The van der Waals surface area contributed by atoms with Crippen LogP contribution in [0.4, 0.5) is 18.9 Å². The number of allylic oxidation sites excluding steroid dienone is 1. The van der Waals surface area contributed by atoms with Crippen molar-refractivity contribution in [1.29, 1.82) is 5.26 Å². The summed E-state index contributed by atoms with van der Waals surface area (Å²) in [6, 6.07) is 8.86. The molecule has 0 amide bonds. The molecule has 3 N–H and O–H groups in total. The van der Waals surface area contributed by atoms with E-state index >= 15 is 0 Å². The van der Waals surface area contributed by atoms with Crippen LogP contribution >= 0.6 is 0 Å². The third-order valence-corrected chi connectivity index (χ3v) is 6.16. The van der Waals surface area contributed by atoms with Crippen molar-refractivity contribution in [3.63, 3.8) is 0 Å². The molecule has 206 valence electrons. The number of hydrogen-bond donors (Lipinski definition) is 2. The lowest BCUT2D eigenvalue weighted by Crippen LogP contribution is -2.16. The minimum atomic E-state index is -0.621. The molecule has 3 aromatic rings. The zero-order valence-corrected chi connectivity index (χ0v) is 22.5. The first kappa shape index (κ1) is 29.6. The zero-order chi connectivity index (χ0) is 29.4. The van der Waals surface area contributed by atoms with Crippen LogP contribution in [0.5, 0.6) is 0 Å². The van der Waals surface area contributed by atoms with E-state index in [2.05, 4.69) is 15.3 Å². The molecule has 0 saturated carbocycles. The van der Waals surface area contributed by atoms with E-state index in [0.29, 0.717) is 45.6 Å². The van der Waals surface area contributed by atoms with Crippen LogP contribution in [-0.2, 0) is 6.54 Å². The van der Waals surface area contributed by atoms with Crippen molar-refractivity contribution in [3.05, 3.63) is 111 Å². The van der Waals surface area contributed by atoms with Gasteiger partial charge < -0.3 is 16.0 Å². The van der Waals surface area contributed by atoms with E-state index in [1.165, 1.54) is 36.7 Å². The van der Waals surface area contributed by atoms with E-state index in [0.717, 1.165) is 18.3 Å². The number of carbonyl (C=O) groups excluding carboxylic acids is 1. The highest BCUT2D eigenvalue weighted by Gasteiger charge is 2.18. The molecule has 0 bridgehead atoms. The van der Waals surface area contributed by atoms with Crippen molar-refractivity contribution in [3.8, 4) is 6.07 Å². The summed E-state index contributed by atoms with van der Waals surface area (Å²) in [4.78, 5) is 22.2. The molecule has 0 radical (unpaired) electrons. The summed E-state index contributed by atoms with van der Waals surface area (Å²) in [6.45, 7) is 3.65. The monoisotopic (exact) mass is 546 g/mol. The Morgan fingerprint density at radius 3 is 2.58 bits per heavy atom. The van der Waals surface area contributed by atoms with Gasteiger partial charge in [-0.25, -0.2) is 13.2 Å². The maximum absolute atomic E-state index is 14.6. The summed E-state index contributed by atoms with van der Waals surface area (Å²) < 4.78 is 41.9. The van der Waals surface area contributed by atoms with Crippen LogP contribution < -0.4 is 11.1 Å². The lowest BCUT2D eigenvalue weighted by Gasteiger charge is -2.23. The van der Waals surface area contributed by atoms with Gasteiger partial charge in [0.1, 0.15) is 23.5 Å². The van der Waals surface area contributed by atoms with E-state index in [4.69, 9.17) is 5.73 Å². The maximum Gasteiger partial charge on any atom is 0.150 e. The number of pyridine rings is 1. The molecular weight excluding hydrogens is 517 g/mol. The first-order valence-electron chi connectivity index (χ1n) is 12.2. The van der Waals surface area contributed by atoms with Gasteiger partial charge in [0, 0.05) is 55.1 Å². The minimum absolute atomic E-state index is 0.0817. The second-order valence-electron chi connectivity index (χ2n) is 9.20. The number of aldehydes is 1. The number of nitriles is 1. The topological polar surface area (TPSA) is 107 Å². The third-order valence-electron chi connectivity index (χ3n) is 6.16. The molecule has 2 aromatic carbocycles. The first-order chi connectivity index (χ1) is 19.1. The van der Waals surface area contributed by atoms with Crippen LogP contribution in [0, 0.1) is 35.7 Å². The van der Waals surface area contributed by atoms with Gasteiger partial charge in [-0.05, 0) is 73.0 Å². The van der Waals surface area contributed by atoms with Gasteiger partial charge >= 0.3 is 0 Å². The predicted octanol–water partition coefficient (Wildman–Crippen LogP) is 5.68. The molecule has 7 nitrogen and oxygen atoms in total. The maximum atomic E-state index is 14.6. The number of nitrogens with two attached hydrogens (primary N) is 1. The van der Waals surface area contributed by atoms with Gasteiger partial charge in [-0.3, -0.25) is 14.8 Å². The van der Waals surface area contributed by atoms with E-state index in [1.54, 1.807) is 38.9 Å².